The Morgan fingerprint density at radius 3 is 1.81 bits per heavy atom. The quantitative estimate of drug-likeness (QED) is 0.0146. The first-order valence-corrected chi connectivity index (χ1v) is 23.5. The molecule has 2 rings (SSSR count). The van der Waals surface area contributed by atoms with Crippen LogP contribution in [-0.4, -0.2) is 129 Å². The zero-order valence-electron chi connectivity index (χ0n) is 38.9. The molecule has 0 bridgehead atoms. The lowest BCUT2D eigenvalue weighted by Crippen LogP contribution is -2.61. The summed E-state index contributed by atoms with van der Waals surface area (Å²) in [5, 5.41) is 67.5. The first-order chi connectivity index (χ1) is 29.7. The van der Waals surface area contributed by atoms with Gasteiger partial charge in [0.25, 0.3) is 0 Å². The number of aliphatic hydroxyl groups excluding tert-OH is 5. The van der Waals surface area contributed by atoms with Gasteiger partial charge < -0.3 is 49.2 Å². The van der Waals surface area contributed by atoms with Crippen molar-refractivity contribution in [1.29, 1.82) is 0 Å². The number of esters is 3. The van der Waals surface area contributed by atoms with Crippen LogP contribution in [0.5, 0.6) is 0 Å². The predicted molar refractivity (Wildman–Crippen MR) is 228 cm³/mol. The monoisotopic (exact) mass is 926 g/mol. The summed E-state index contributed by atoms with van der Waals surface area (Å²) < 4.78 is 40.2. The molecule has 19 heteroatoms. The van der Waals surface area contributed by atoms with Crippen LogP contribution in [0.1, 0.15) is 133 Å². The SMILES string of the molecule is CCCC(C)CC(C)C(=O)OC1C(O)C(COC(=O)C(C)CC(C)C(O)CC)OC(OC2CC(COC(=O)C(C)CC(C)C(O)CC)C(O)C(O)C2OSOOO)C1CC(=O)CC. The van der Waals surface area contributed by atoms with E-state index in [2.05, 4.69) is 9.37 Å². The van der Waals surface area contributed by atoms with Crippen molar-refractivity contribution in [2.75, 3.05) is 13.2 Å². The Labute approximate surface area is 377 Å². The first-order valence-electron chi connectivity index (χ1n) is 22.8. The van der Waals surface area contributed by atoms with Gasteiger partial charge in [-0.05, 0) is 56.3 Å². The Bertz CT molecular complexity index is 1360. The minimum absolute atomic E-state index is 0.0756. The van der Waals surface area contributed by atoms with Gasteiger partial charge in [-0.15, -0.1) is 4.33 Å². The number of rotatable bonds is 29. The highest BCUT2D eigenvalue weighted by Crippen LogP contribution is 2.39. The van der Waals surface area contributed by atoms with Crippen LogP contribution in [0, 0.1) is 47.3 Å². The first kappa shape index (κ1) is 57.1. The van der Waals surface area contributed by atoms with Crippen molar-refractivity contribution in [3.8, 4) is 0 Å². The molecule has 2 fully saturated rings. The third-order valence-electron chi connectivity index (χ3n) is 12.7. The fourth-order valence-electron chi connectivity index (χ4n) is 8.58. The maximum atomic E-state index is 13.8. The molecule has 1 saturated heterocycles. The Hall–Kier alpha value is -2.01. The standard InChI is InChI=1S/C44H78O18S/c1-11-15-23(5)16-26(8)43(53)59-39-31(20-30(45)12-2)44(58-35(37(39)49)22-56-42(52)28(10)18-25(7)33(47)14-4)57-34-19-29(36(48)38(50)40(34)60-63-62-61-54)21-55-41(51)27(9)17-24(6)32(46)13-3/h23-29,31-40,44,46-50,54H,11-22H2,1-10H3. The number of ether oxygens (including phenoxy) is 5. The molecular weight excluding hydrogens is 849 g/mol. The summed E-state index contributed by atoms with van der Waals surface area (Å²) in [5.74, 6) is -6.25. The van der Waals surface area contributed by atoms with Gasteiger partial charge in [0.2, 0.25) is 0 Å². The summed E-state index contributed by atoms with van der Waals surface area (Å²) in [5.41, 5.74) is 0. The van der Waals surface area contributed by atoms with Crippen molar-refractivity contribution < 1.29 is 87.2 Å². The van der Waals surface area contributed by atoms with E-state index in [1.165, 1.54) is 0 Å². The molecule has 1 aliphatic heterocycles. The Morgan fingerprint density at radius 2 is 1.29 bits per heavy atom. The van der Waals surface area contributed by atoms with Crippen molar-refractivity contribution in [2.24, 2.45) is 47.3 Å². The van der Waals surface area contributed by atoms with Crippen molar-refractivity contribution >= 4 is 36.0 Å². The fraction of sp³-hybridized carbons (Fsp3) is 0.909. The number of Topliss-reactive ketones (excluding diaryl/α,β-unsaturated/α-hetero) is 1. The van der Waals surface area contributed by atoms with E-state index < -0.39 is 115 Å². The predicted octanol–water partition coefficient (Wildman–Crippen LogP) is 4.88. The maximum absolute atomic E-state index is 13.8. The number of aliphatic hydroxyl groups is 5. The maximum Gasteiger partial charge on any atom is 0.309 e. The van der Waals surface area contributed by atoms with E-state index in [1.807, 2.05) is 41.5 Å². The van der Waals surface area contributed by atoms with E-state index >= 15 is 0 Å². The molecule has 18 nitrogen and oxygen atoms in total. The average molecular weight is 927 g/mol. The lowest BCUT2D eigenvalue weighted by molar-refractivity contribution is -0.434. The van der Waals surface area contributed by atoms with Crippen LogP contribution >= 0.6 is 12.3 Å². The van der Waals surface area contributed by atoms with E-state index in [1.54, 1.807) is 27.7 Å². The van der Waals surface area contributed by atoms with E-state index in [4.69, 9.17) is 33.1 Å². The van der Waals surface area contributed by atoms with Crippen LogP contribution < -0.4 is 0 Å². The minimum Gasteiger partial charge on any atom is -0.465 e. The summed E-state index contributed by atoms with van der Waals surface area (Å²) in [6.07, 6.45) is -9.46. The lowest BCUT2D eigenvalue weighted by atomic mass is 9.80. The van der Waals surface area contributed by atoms with Crippen LogP contribution in [0.3, 0.4) is 0 Å². The zero-order valence-corrected chi connectivity index (χ0v) is 39.7. The molecule has 1 aliphatic carbocycles. The Kier molecular flexibility index (Phi) is 26.2. The van der Waals surface area contributed by atoms with Gasteiger partial charge in [-0.1, -0.05) is 87.1 Å². The number of ketones is 1. The highest BCUT2D eigenvalue weighted by atomic mass is 32.2. The molecule has 0 aromatic rings. The lowest BCUT2D eigenvalue weighted by Gasteiger charge is -2.47. The number of hydrogen-bond donors (Lipinski definition) is 6. The van der Waals surface area contributed by atoms with Gasteiger partial charge in [0, 0.05) is 18.8 Å². The van der Waals surface area contributed by atoms with E-state index in [0.29, 0.717) is 32.1 Å². The third-order valence-corrected chi connectivity index (χ3v) is 13.1. The van der Waals surface area contributed by atoms with Gasteiger partial charge in [0.05, 0.1) is 54.7 Å². The van der Waals surface area contributed by atoms with Crippen LogP contribution in [0.15, 0.2) is 0 Å². The molecule has 1 heterocycles. The molecule has 63 heavy (non-hydrogen) atoms. The summed E-state index contributed by atoms with van der Waals surface area (Å²) in [4.78, 5) is 53.3. The van der Waals surface area contributed by atoms with Gasteiger partial charge >= 0.3 is 17.9 Å². The van der Waals surface area contributed by atoms with Gasteiger partial charge in [-0.25, -0.2) is 5.26 Å². The van der Waals surface area contributed by atoms with E-state index in [9.17, 15) is 44.7 Å². The van der Waals surface area contributed by atoms with Crippen LogP contribution in [-0.2, 0) is 56.4 Å². The van der Waals surface area contributed by atoms with E-state index in [-0.39, 0.29) is 61.7 Å². The van der Waals surface area contributed by atoms with Gasteiger partial charge in [0.15, 0.2) is 18.6 Å². The second-order valence-corrected chi connectivity index (χ2v) is 18.6. The number of carbonyl (C=O) groups excluding carboxylic acids is 4. The van der Waals surface area contributed by atoms with Gasteiger partial charge in [-0.3, -0.25) is 23.4 Å². The highest BCUT2D eigenvalue weighted by Gasteiger charge is 2.53. The molecule has 0 radical (unpaired) electrons. The summed E-state index contributed by atoms with van der Waals surface area (Å²) in [6, 6.07) is 0. The van der Waals surface area contributed by atoms with Gasteiger partial charge in [0.1, 0.15) is 42.9 Å². The molecule has 0 amide bonds. The Balaban J connectivity index is 2.53. The molecule has 0 aromatic heterocycles. The third kappa shape index (κ3) is 18.0. The van der Waals surface area contributed by atoms with Gasteiger partial charge in [-0.2, -0.15) is 0 Å². The number of hydrogen-bond acceptors (Lipinski definition) is 19. The highest BCUT2D eigenvalue weighted by molar-refractivity contribution is 7.89. The molecule has 1 saturated carbocycles. The molecule has 18 unspecified atom stereocenters. The van der Waals surface area contributed by atoms with Crippen LogP contribution in [0.4, 0.5) is 0 Å². The molecular formula is C44H78O18S. The molecule has 6 N–H and O–H groups in total. The fourth-order valence-corrected chi connectivity index (χ4v) is 8.96. The molecule has 0 spiro atoms. The number of carbonyl (C=O) groups is 4. The van der Waals surface area contributed by atoms with Crippen molar-refractivity contribution in [3.63, 3.8) is 0 Å². The summed E-state index contributed by atoms with van der Waals surface area (Å²) in [7, 11) is 0. The normalized spacial score (nSPS) is 30.2. The molecule has 0 aromatic carbocycles. The molecule has 18 atom stereocenters. The summed E-state index contributed by atoms with van der Waals surface area (Å²) in [6.45, 7) is 17.2. The van der Waals surface area contributed by atoms with Crippen LogP contribution in [0.25, 0.3) is 0 Å². The molecule has 368 valence electrons. The van der Waals surface area contributed by atoms with Crippen molar-refractivity contribution in [3.05, 3.63) is 0 Å². The smallest absolute Gasteiger partial charge is 0.309 e. The summed E-state index contributed by atoms with van der Waals surface area (Å²) >= 11 is 0.115. The molecule has 2 aliphatic rings. The zero-order chi connectivity index (χ0) is 47.6. The second kappa shape index (κ2) is 28.9. The van der Waals surface area contributed by atoms with E-state index in [0.717, 1.165) is 12.8 Å². The van der Waals surface area contributed by atoms with Crippen LogP contribution in [0.2, 0.25) is 0 Å². The van der Waals surface area contributed by atoms with Crippen molar-refractivity contribution in [2.45, 2.75) is 195 Å². The average Bonchev–Trinajstić information content (AvgIpc) is 3.25. The topological polar surface area (TPSA) is 263 Å². The largest absolute Gasteiger partial charge is 0.465 e. The Morgan fingerprint density at radius 1 is 0.730 bits per heavy atom. The second-order valence-electron chi connectivity index (χ2n) is 18.1. The van der Waals surface area contributed by atoms with Crippen molar-refractivity contribution in [1.82, 2.24) is 0 Å². The minimum atomic E-state index is -1.73.